The maximum absolute atomic E-state index is 12.7. The van der Waals surface area contributed by atoms with E-state index in [1.807, 2.05) is 19.1 Å². The van der Waals surface area contributed by atoms with Gasteiger partial charge in [-0.3, -0.25) is 0 Å². The molecule has 1 rings (SSSR count). The summed E-state index contributed by atoms with van der Waals surface area (Å²) in [7, 11) is -3.34. The maximum atomic E-state index is 12.7. The lowest BCUT2D eigenvalue weighted by atomic mass is 10.1. The highest BCUT2D eigenvalue weighted by Crippen LogP contribution is 2.23. The normalized spacial score (nSPS) is 13.2. The molecule has 0 amide bonds. The SMILES string of the molecule is CCCCCCCCC(CCO)S(=O)(=O)c1ccc(C)cc1. The molecule has 0 saturated carbocycles. The Labute approximate surface area is 135 Å². The van der Waals surface area contributed by atoms with Crippen LogP contribution in [0, 0.1) is 6.92 Å². The highest BCUT2D eigenvalue weighted by atomic mass is 32.2. The van der Waals surface area contributed by atoms with Crippen LogP contribution in [0.1, 0.15) is 63.9 Å². The van der Waals surface area contributed by atoms with Crippen molar-refractivity contribution in [1.82, 2.24) is 0 Å². The molecule has 0 bridgehead atoms. The fraction of sp³-hybridized carbons (Fsp3) is 0.667. The zero-order chi connectivity index (χ0) is 16.4. The van der Waals surface area contributed by atoms with Crippen molar-refractivity contribution < 1.29 is 13.5 Å². The average molecular weight is 327 g/mol. The van der Waals surface area contributed by atoms with Crippen LogP contribution in [0.15, 0.2) is 29.2 Å². The minimum absolute atomic E-state index is 0.0778. The van der Waals surface area contributed by atoms with Crippen LogP contribution in [0.3, 0.4) is 0 Å². The van der Waals surface area contributed by atoms with Crippen molar-refractivity contribution in [3.05, 3.63) is 29.8 Å². The molecular weight excluding hydrogens is 296 g/mol. The molecule has 22 heavy (non-hydrogen) atoms. The highest BCUT2D eigenvalue weighted by molar-refractivity contribution is 7.92. The largest absolute Gasteiger partial charge is 0.396 e. The lowest BCUT2D eigenvalue weighted by molar-refractivity contribution is 0.282. The van der Waals surface area contributed by atoms with Gasteiger partial charge in [0.15, 0.2) is 9.84 Å². The van der Waals surface area contributed by atoms with Crippen molar-refractivity contribution >= 4 is 9.84 Å². The van der Waals surface area contributed by atoms with E-state index in [4.69, 9.17) is 0 Å². The van der Waals surface area contributed by atoms with Gasteiger partial charge in [-0.15, -0.1) is 0 Å². The molecule has 1 unspecified atom stereocenters. The summed E-state index contributed by atoms with van der Waals surface area (Å²) in [6.45, 7) is 4.05. The van der Waals surface area contributed by atoms with E-state index in [2.05, 4.69) is 6.92 Å². The fourth-order valence-corrected chi connectivity index (χ4v) is 4.46. The van der Waals surface area contributed by atoms with Crippen LogP contribution < -0.4 is 0 Å². The second-order valence-corrected chi connectivity index (χ2v) is 8.28. The number of aliphatic hydroxyl groups excluding tert-OH is 1. The summed E-state index contributed by atoms with van der Waals surface area (Å²) in [5.41, 5.74) is 1.05. The minimum Gasteiger partial charge on any atom is -0.396 e. The molecule has 3 nitrogen and oxygen atoms in total. The van der Waals surface area contributed by atoms with E-state index in [-0.39, 0.29) is 6.61 Å². The van der Waals surface area contributed by atoms with Gasteiger partial charge in [0.2, 0.25) is 0 Å². The van der Waals surface area contributed by atoms with Gasteiger partial charge in [0.05, 0.1) is 10.1 Å². The third-order valence-electron chi connectivity index (χ3n) is 4.12. The second-order valence-electron chi connectivity index (χ2n) is 6.05. The Morgan fingerprint density at radius 1 is 0.955 bits per heavy atom. The lowest BCUT2D eigenvalue weighted by Gasteiger charge is -2.17. The summed E-state index contributed by atoms with van der Waals surface area (Å²) in [5.74, 6) is 0. The maximum Gasteiger partial charge on any atom is 0.181 e. The third-order valence-corrected chi connectivity index (χ3v) is 6.40. The van der Waals surface area contributed by atoms with E-state index in [0.29, 0.717) is 17.7 Å². The van der Waals surface area contributed by atoms with Crippen molar-refractivity contribution in [3.63, 3.8) is 0 Å². The van der Waals surface area contributed by atoms with Gasteiger partial charge in [-0.25, -0.2) is 8.42 Å². The Morgan fingerprint density at radius 2 is 1.55 bits per heavy atom. The van der Waals surface area contributed by atoms with Crippen molar-refractivity contribution in [3.8, 4) is 0 Å². The summed E-state index contributed by atoms with van der Waals surface area (Å²) >= 11 is 0. The number of rotatable bonds is 11. The van der Waals surface area contributed by atoms with Crippen LogP contribution in [0.2, 0.25) is 0 Å². The molecule has 4 heteroatoms. The summed E-state index contributed by atoms with van der Waals surface area (Å²) in [6.07, 6.45) is 7.83. The van der Waals surface area contributed by atoms with E-state index in [0.717, 1.165) is 18.4 Å². The number of hydrogen-bond acceptors (Lipinski definition) is 3. The molecule has 0 fully saturated rings. The summed E-state index contributed by atoms with van der Waals surface area (Å²) in [4.78, 5) is 0.377. The first-order valence-electron chi connectivity index (χ1n) is 8.43. The van der Waals surface area contributed by atoms with Gasteiger partial charge in [0.25, 0.3) is 0 Å². The van der Waals surface area contributed by atoms with E-state index >= 15 is 0 Å². The number of sulfone groups is 1. The molecule has 0 spiro atoms. The van der Waals surface area contributed by atoms with Crippen LogP contribution in [0.5, 0.6) is 0 Å². The van der Waals surface area contributed by atoms with Crippen LogP contribution in [-0.2, 0) is 9.84 Å². The molecule has 1 atom stereocenters. The van der Waals surface area contributed by atoms with Crippen LogP contribution in [0.4, 0.5) is 0 Å². The van der Waals surface area contributed by atoms with Gasteiger partial charge in [-0.05, 0) is 31.9 Å². The minimum atomic E-state index is -3.34. The Morgan fingerprint density at radius 3 is 2.14 bits per heavy atom. The van der Waals surface area contributed by atoms with Gasteiger partial charge in [-0.2, -0.15) is 0 Å². The second kappa shape index (κ2) is 10.0. The van der Waals surface area contributed by atoms with E-state index in [1.165, 1.54) is 25.7 Å². The Bertz CT molecular complexity index is 506. The van der Waals surface area contributed by atoms with E-state index in [9.17, 15) is 13.5 Å². The molecule has 0 aromatic heterocycles. The molecule has 0 saturated heterocycles. The van der Waals surface area contributed by atoms with Gasteiger partial charge < -0.3 is 5.11 Å². The van der Waals surface area contributed by atoms with Crippen LogP contribution >= 0.6 is 0 Å². The molecule has 1 N–H and O–H groups in total. The standard InChI is InChI=1S/C18H30O3S/c1-3-4-5-6-7-8-9-17(14-15-19)22(20,21)18-12-10-16(2)11-13-18/h10-13,17,19H,3-9,14-15H2,1-2H3. The zero-order valence-electron chi connectivity index (χ0n) is 13.9. The molecule has 1 aromatic rings. The topological polar surface area (TPSA) is 54.4 Å². The molecule has 0 heterocycles. The average Bonchev–Trinajstić information content (AvgIpc) is 2.50. The first kappa shape index (κ1) is 19.2. The Balaban J connectivity index is 2.62. The molecule has 0 aliphatic rings. The zero-order valence-corrected chi connectivity index (χ0v) is 14.7. The monoisotopic (exact) mass is 326 g/mol. The molecule has 0 aliphatic carbocycles. The number of unbranched alkanes of at least 4 members (excludes halogenated alkanes) is 5. The summed E-state index contributed by atoms with van der Waals surface area (Å²) in [5, 5.41) is 8.73. The smallest absolute Gasteiger partial charge is 0.181 e. The summed E-state index contributed by atoms with van der Waals surface area (Å²) in [6, 6.07) is 7.01. The Hall–Kier alpha value is -0.870. The first-order chi connectivity index (χ1) is 10.5. The Kier molecular flexibility index (Phi) is 8.72. The number of aryl methyl sites for hydroxylation is 1. The molecule has 0 radical (unpaired) electrons. The van der Waals surface area contributed by atoms with Crippen molar-refractivity contribution in [1.29, 1.82) is 0 Å². The van der Waals surface area contributed by atoms with Gasteiger partial charge >= 0.3 is 0 Å². The number of aliphatic hydroxyl groups is 1. The lowest BCUT2D eigenvalue weighted by Crippen LogP contribution is -2.23. The quantitative estimate of drug-likeness (QED) is 0.618. The van der Waals surface area contributed by atoms with Gasteiger partial charge in [0.1, 0.15) is 0 Å². The van der Waals surface area contributed by atoms with Crippen LogP contribution in [0.25, 0.3) is 0 Å². The first-order valence-corrected chi connectivity index (χ1v) is 9.98. The van der Waals surface area contributed by atoms with Gasteiger partial charge in [0, 0.05) is 6.61 Å². The highest BCUT2D eigenvalue weighted by Gasteiger charge is 2.26. The predicted molar refractivity (Wildman–Crippen MR) is 91.8 cm³/mol. The fourth-order valence-electron chi connectivity index (χ4n) is 2.67. The van der Waals surface area contributed by atoms with Gasteiger partial charge in [-0.1, -0.05) is 63.1 Å². The third kappa shape index (κ3) is 6.09. The number of hydrogen-bond donors (Lipinski definition) is 1. The van der Waals surface area contributed by atoms with Crippen molar-refractivity contribution in [2.45, 2.75) is 75.4 Å². The summed E-state index contributed by atoms with van der Waals surface area (Å²) < 4.78 is 25.4. The molecule has 1 aromatic carbocycles. The number of benzene rings is 1. The molecular formula is C18H30O3S. The molecule has 0 aliphatic heterocycles. The van der Waals surface area contributed by atoms with Crippen molar-refractivity contribution in [2.75, 3.05) is 6.61 Å². The van der Waals surface area contributed by atoms with E-state index < -0.39 is 15.1 Å². The molecule has 126 valence electrons. The van der Waals surface area contributed by atoms with Crippen LogP contribution in [-0.4, -0.2) is 25.4 Å². The van der Waals surface area contributed by atoms with E-state index in [1.54, 1.807) is 12.1 Å². The van der Waals surface area contributed by atoms with Crippen molar-refractivity contribution in [2.24, 2.45) is 0 Å². The predicted octanol–water partition coefficient (Wildman–Crippen LogP) is 4.27.